The number of nitrogen functional groups attached to an aromatic ring is 2. The van der Waals surface area contributed by atoms with Gasteiger partial charge in [0.15, 0.2) is 0 Å². The average Bonchev–Trinajstić information content (AvgIpc) is 2.81. The fraction of sp³-hybridized carbons (Fsp3) is 0.0769. The zero-order valence-corrected chi connectivity index (χ0v) is 18.7. The molecule has 0 aliphatic rings. The van der Waals surface area contributed by atoms with Crippen molar-refractivity contribution in [3.05, 3.63) is 107 Å². The third kappa shape index (κ3) is 6.02. The van der Waals surface area contributed by atoms with Gasteiger partial charge in [-0.05, 0) is 58.3 Å². The maximum Gasteiger partial charge on any atom is 0.122 e. The first kappa shape index (κ1) is 23.6. The summed E-state index contributed by atoms with van der Waals surface area (Å²) >= 11 is 0. The van der Waals surface area contributed by atoms with E-state index in [1.165, 1.54) is 0 Å². The maximum atomic E-state index is 7.55. The number of ether oxygens (including phenoxy) is 2. The van der Waals surface area contributed by atoms with Crippen molar-refractivity contribution in [2.45, 2.75) is 13.2 Å². The SMILES string of the molecule is Cl.N=C(N)c1cccc(COc2ccc3cc(OCc4cccc(C(=N)N)c4)ccc3c2)c1. The Labute approximate surface area is 198 Å². The van der Waals surface area contributed by atoms with E-state index in [9.17, 15) is 0 Å². The van der Waals surface area contributed by atoms with Gasteiger partial charge in [-0.2, -0.15) is 0 Å². The summed E-state index contributed by atoms with van der Waals surface area (Å²) in [6.07, 6.45) is 0. The zero-order valence-electron chi connectivity index (χ0n) is 17.9. The Morgan fingerprint density at radius 3 is 1.42 bits per heavy atom. The minimum atomic E-state index is 0. The Balaban J connectivity index is 0.00000306. The molecule has 0 aliphatic heterocycles. The van der Waals surface area contributed by atoms with Crippen LogP contribution in [-0.2, 0) is 13.2 Å². The number of nitrogens with two attached hydrogens (primary N) is 2. The molecule has 6 nitrogen and oxygen atoms in total. The van der Waals surface area contributed by atoms with Crippen molar-refractivity contribution in [2.24, 2.45) is 11.5 Å². The number of hydrogen-bond donors (Lipinski definition) is 4. The first-order chi connectivity index (χ1) is 15.5. The highest BCUT2D eigenvalue weighted by atomic mass is 35.5. The summed E-state index contributed by atoms with van der Waals surface area (Å²) in [5.41, 5.74) is 14.4. The highest BCUT2D eigenvalue weighted by Crippen LogP contribution is 2.26. The highest BCUT2D eigenvalue weighted by Gasteiger charge is 2.04. The predicted octanol–water partition coefficient (Wildman–Crippen LogP) is 4.99. The molecule has 0 bridgehead atoms. The smallest absolute Gasteiger partial charge is 0.122 e. The Hall–Kier alpha value is -4.03. The van der Waals surface area contributed by atoms with Crippen LogP contribution in [0.2, 0.25) is 0 Å². The molecule has 0 radical (unpaired) electrons. The molecule has 6 N–H and O–H groups in total. The van der Waals surface area contributed by atoms with Crippen LogP contribution >= 0.6 is 12.4 Å². The molecule has 168 valence electrons. The van der Waals surface area contributed by atoms with Crippen LogP contribution in [0, 0.1) is 10.8 Å². The van der Waals surface area contributed by atoms with Crippen LogP contribution in [0.5, 0.6) is 11.5 Å². The standard InChI is InChI=1S/C26H24N4O2.ClH/c27-25(28)21-5-1-3-17(11-21)15-31-23-9-7-20-14-24(10-8-19(20)13-23)32-16-18-4-2-6-22(12-18)26(29)30;/h1-14H,15-16H2,(H3,27,28)(H3,29,30);1H. The number of halogens is 1. The van der Waals surface area contributed by atoms with Crippen LogP contribution in [0.4, 0.5) is 0 Å². The van der Waals surface area contributed by atoms with Gasteiger partial charge in [0, 0.05) is 11.1 Å². The third-order valence-electron chi connectivity index (χ3n) is 5.07. The first-order valence-corrected chi connectivity index (χ1v) is 10.1. The molecule has 0 saturated carbocycles. The van der Waals surface area contributed by atoms with E-state index in [2.05, 4.69) is 0 Å². The van der Waals surface area contributed by atoms with Crippen LogP contribution in [0.15, 0.2) is 84.9 Å². The lowest BCUT2D eigenvalue weighted by Crippen LogP contribution is -2.11. The largest absolute Gasteiger partial charge is 0.489 e. The van der Waals surface area contributed by atoms with Crippen LogP contribution in [-0.4, -0.2) is 11.7 Å². The summed E-state index contributed by atoms with van der Waals surface area (Å²) < 4.78 is 11.9. The number of nitrogens with one attached hydrogen (secondary N) is 2. The number of fused-ring (bicyclic) bond motifs is 1. The lowest BCUT2D eigenvalue weighted by molar-refractivity contribution is 0.305. The molecular weight excluding hydrogens is 436 g/mol. The van der Waals surface area contributed by atoms with Gasteiger partial charge in [0.25, 0.3) is 0 Å². The second-order valence-corrected chi connectivity index (χ2v) is 7.48. The Bertz CT molecular complexity index is 1210. The second kappa shape index (κ2) is 10.5. The van der Waals surface area contributed by atoms with Crippen LogP contribution in [0.25, 0.3) is 10.8 Å². The van der Waals surface area contributed by atoms with E-state index in [0.29, 0.717) is 24.3 Å². The van der Waals surface area contributed by atoms with Gasteiger partial charge in [0.2, 0.25) is 0 Å². The summed E-state index contributed by atoms with van der Waals surface area (Å²) in [4.78, 5) is 0. The first-order valence-electron chi connectivity index (χ1n) is 10.1. The van der Waals surface area contributed by atoms with Crippen molar-refractivity contribution in [3.63, 3.8) is 0 Å². The van der Waals surface area contributed by atoms with Gasteiger partial charge in [0.05, 0.1) is 0 Å². The molecule has 0 atom stereocenters. The maximum absolute atomic E-state index is 7.55. The molecule has 7 heteroatoms. The summed E-state index contributed by atoms with van der Waals surface area (Å²) in [5, 5.41) is 17.2. The fourth-order valence-corrected chi connectivity index (χ4v) is 3.37. The lowest BCUT2D eigenvalue weighted by Gasteiger charge is -2.11. The Morgan fingerprint density at radius 2 is 1.03 bits per heavy atom. The van der Waals surface area contributed by atoms with E-state index in [4.69, 9.17) is 31.8 Å². The van der Waals surface area contributed by atoms with Crippen molar-refractivity contribution in [3.8, 4) is 11.5 Å². The molecule has 4 aromatic rings. The predicted molar refractivity (Wildman–Crippen MR) is 135 cm³/mol. The monoisotopic (exact) mass is 460 g/mol. The van der Waals surface area contributed by atoms with Gasteiger partial charge in [0.1, 0.15) is 36.4 Å². The Kier molecular flexibility index (Phi) is 7.53. The van der Waals surface area contributed by atoms with E-state index < -0.39 is 0 Å². The average molecular weight is 461 g/mol. The number of rotatable bonds is 8. The Morgan fingerprint density at radius 1 is 0.606 bits per heavy atom. The summed E-state index contributed by atoms with van der Waals surface area (Å²) in [7, 11) is 0. The summed E-state index contributed by atoms with van der Waals surface area (Å²) in [5.74, 6) is 1.62. The van der Waals surface area contributed by atoms with E-state index in [-0.39, 0.29) is 24.1 Å². The molecular formula is C26H25ClN4O2. The minimum absolute atomic E-state index is 0. The zero-order chi connectivity index (χ0) is 22.5. The molecule has 0 fully saturated rings. The van der Waals surface area contributed by atoms with Crippen molar-refractivity contribution in [2.75, 3.05) is 0 Å². The van der Waals surface area contributed by atoms with Gasteiger partial charge >= 0.3 is 0 Å². The van der Waals surface area contributed by atoms with Crippen molar-refractivity contribution < 1.29 is 9.47 Å². The third-order valence-corrected chi connectivity index (χ3v) is 5.07. The van der Waals surface area contributed by atoms with E-state index >= 15 is 0 Å². The lowest BCUT2D eigenvalue weighted by atomic mass is 10.1. The van der Waals surface area contributed by atoms with Crippen molar-refractivity contribution >= 4 is 34.9 Å². The van der Waals surface area contributed by atoms with E-state index in [1.807, 2.05) is 84.9 Å². The van der Waals surface area contributed by atoms with Crippen LogP contribution in [0.3, 0.4) is 0 Å². The topological polar surface area (TPSA) is 118 Å². The van der Waals surface area contributed by atoms with Gasteiger partial charge < -0.3 is 20.9 Å². The quantitative estimate of drug-likeness (QED) is 0.219. The molecule has 0 spiro atoms. The fourth-order valence-electron chi connectivity index (χ4n) is 3.37. The van der Waals surface area contributed by atoms with Crippen molar-refractivity contribution in [1.29, 1.82) is 10.8 Å². The normalized spacial score (nSPS) is 10.3. The van der Waals surface area contributed by atoms with E-state index in [0.717, 1.165) is 33.4 Å². The van der Waals surface area contributed by atoms with Gasteiger partial charge in [-0.15, -0.1) is 12.4 Å². The van der Waals surface area contributed by atoms with Crippen molar-refractivity contribution in [1.82, 2.24) is 0 Å². The molecule has 0 aromatic heterocycles. The number of benzene rings is 4. The van der Waals surface area contributed by atoms with E-state index in [1.54, 1.807) is 0 Å². The van der Waals surface area contributed by atoms with Gasteiger partial charge in [-0.3, -0.25) is 10.8 Å². The summed E-state index contributed by atoms with van der Waals surface area (Å²) in [6, 6.07) is 26.8. The molecule has 0 unspecified atom stereocenters. The minimum Gasteiger partial charge on any atom is -0.489 e. The number of hydrogen-bond acceptors (Lipinski definition) is 4. The molecule has 0 saturated heterocycles. The van der Waals surface area contributed by atoms with Gasteiger partial charge in [-0.1, -0.05) is 48.5 Å². The van der Waals surface area contributed by atoms with Crippen LogP contribution < -0.4 is 20.9 Å². The second-order valence-electron chi connectivity index (χ2n) is 7.48. The van der Waals surface area contributed by atoms with Gasteiger partial charge in [-0.25, -0.2) is 0 Å². The molecule has 4 rings (SSSR count). The molecule has 0 heterocycles. The molecule has 0 amide bonds. The highest BCUT2D eigenvalue weighted by molar-refractivity contribution is 5.95. The molecule has 33 heavy (non-hydrogen) atoms. The molecule has 4 aromatic carbocycles. The number of amidine groups is 2. The summed E-state index contributed by atoms with van der Waals surface area (Å²) in [6.45, 7) is 0.792. The molecule has 0 aliphatic carbocycles. The van der Waals surface area contributed by atoms with Crippen LogP contribution in [0.1, 0.15) is 22.3 Å².